The molecule has 0 aliphatic carbocycles. The zero-order chi connectivity index (χ0) is 12.1. The number of carbonyl (C=O) groups excluding carboxylic acids is 1. The third-order valence-corrected chi connectivity index (χ3v) is 2.20. The molecule has 1 aromatic carbocycles. The minimum Gasteiger partial charge on any atom is -0.349 e. The molecule has 0 aromatic heterocycles. The van der Waals surface area contributed by atoms with Gasteiger partial charge < -0.3 is 4.90 Å². The van der Waals surface area contributed by atoms with Crippen molar-refractivity contribution >= 4 is 5.91 Å². The van der Waals surface area contributed by atoms with Crippen LogP contribution in [0.3, 0.4) is 0 Å². The number of rotatable bonds is 2. The average Bonchev–Trinajstić information content (AvgIpc) is 2.29. The molecule has 0 atom stereocenters. The van der Waals surface area contributed by atoms with Gasteiger partial charge in [-0.15, -0.1) is 0 Å². The van der Waals surface area contributed by atoms with Gasteiger partial charge in [0.25, 0.3) is 0 Å². The van der Waals surface area contributed by atoms with Crippen LogP contribution in [0.5, 0.6) is 0 Å². The first-order valence-corrected chi connectivity index (χ1v) is 4.71. The zero-order valence-corrected chi connectivity index (χ0v) is 9.19. The van der Waals surface area contributed by atoms with E-state index in [0.717, 1.165) is 0 Å². The molecule has 0 aliphatic heterocycles. The Labute approximate surface area is 94.3 Å². The summed E-state index contributed by atoms with van der Waals surface area (Å²) in [5.74, 6) is -0.0683. The quantitative estimate of drug-likeness (QED) is 0.737. The predicted octanol–water partition coefficient (Wildman–Crippen LogP) is 1.06. The summed E-state index contributed by atoms with van der Waals surface area (Å²) in [6, 6.07) is 8.71. The molecule has 0 spiro atoms. The van der Waals surface area contributed by atoms with Crippen molar-refractivity contribution < 1.29 is 4.79 Å². The molecule has 1 aromatic rings. The highest BCUT2D eigenvalue weighted by Gasteiger charge is 2.10. The van der Waals surface area contributed by atoms with Crippen LogP contribution in [0.4, 0.5) is 0 Å². The predicted molar refractivity (Wildman–Crippen MR) is 58.3 cm³/mol. The molecule has 0 unspecified atom stereocenters. The van der Waals surface area contributed by atoms with Crippen LogP contribution in [0, 0.1) is 22.7 Å². The van der Waals surface area contributed by atoms with Gasteiger partial charge in [-0.2, -0.15) is 10.5 Å². The zero-order valence-electron chi connectivity index (χ0n) is 9.19. The van der Waals surface area contributed by atoms with Gasteiger partial charge in [-0.3, -0.25) is 4.79 Å². The van der Waals surface area contributed by atoms with E-state index in [1.54, 1.807) is 26.2 Å². The maximum Gasteiger partial charge on any atom is 0.226 e. The maximum atomic E-state index is 11.5. The molecule has 0 bridgehead atoms. The Balaban J connectivity index is 3.03. The highest BCUT2D eigenvalue weighted by atomic mass is 16.2. The number of likely N-dealkylation sites (N-methyl/N-ethyl adjacent to an activating group) is 1. The maximum absolute atomic E-state index is 11.5. The largest absolute Gasteiger partial charge is 0.349 e. The van der Waals surface area contributed by atoms with E-state index >= 15 is 0 Å². The van der Waals surface area contributed by atoms with Crippen molar-refractivity contribution in [2.45, 2.75) is 6.42 Å². The van der Waals surface area contributed by atoms with E-state index < -0.39 is 0 Å². The first-order chi connectivity index (χ1) is 7.58. The molecule has 80 valence electrons. The van der Waals surface area contributed by atoms with Gasteiger partial charge in [-0.1, -0.05) is 6.07 Å². The Morgan fingerprint density at radius 2 is 2.00 bits per heavy atom. The van der Waals surface area contributed by atoms with Crippen LogP contribution in [0.25, 0.3) is 0 Å². The monoisotopic (exact) mass is 213 g/mol. The van der Waals surface area contributed by atoms with Crippen LogP contribution in [-0.4, -0.2) is 24.9 Å². The van der Waals surface area contributed by atoms with Gasteiger partial charge in [0.1, 0.15) is 0 Å². The van der Waals surface area contributed by atoms with E-state index in [-0.39, 0.29) is 12.3 Å². The Morgan fingerprint density at radius 3 is 2.50 bits per heavy atom. The number of hydrogen-bond donors (Lipinski definition) is 0. The lowest BCUT2D eigenvalue weighted by Crippen LogP contribution is -2.23. The standard InChI is InChI=1S/C12H11N3O/c1-15(2)12(16)6-10-4-3-9(7-13)5-11(10)8-14/h3-5H,6H2,1-2H3. The number of benzene rings is 1. The Kier molecular flexibility index (Phi) is 3.63. The second kappa shape index (κ2) is 4.95. The van der Waals surface area contributed by atoms with Gasteiger partial charge in [0.15, 0.2) is 0 Å². The summed E-state index contributed by atoms with van der Waals surface area (Å²) in [5.41, 5.74) is 1.46. The minimum absolute atomic E-state index is 0.0683. The van der Waals surface area contributed by atoms with Gasteiger partial charge >= 0.3 is 0 Å². The fourth-order valence-electron chi connectivity index (χ4n) is 1.23. The van der Waals surface area contributed by atoms with Crippen molar-refractivity contribution in [3.63, 3.8) is 0 Å². The molecule has 0 N–H and O–H groups in total. The van der Waals surface area contributed by atoms with E-state index in [1.807, 2.05) is 12.1 Å². The van der Waals surface area contributed by atoms with Crippen LogP contribution in [0.1, 0.15) is 16.7 Å². The second-order valence-electron chi connectivity index (χ2n) is 3.56. The van der Waals surface area contributed by atoms with Crippen LogP contribution in [-0.2, 0) is 11.2 Å². The van der Waals surface area contributed by atoms with Crippen molar-refractivity contribution in [2.24, 2.45) is 0 Å². The molecule has 0 fully saturated rings. The molecular weight excluding hydrogens is 202 g/mol. The summed E-state index contributed by atoms with van der Waals surface area (Å²) in [5, 5.41) is 17.6. The van der Waals surface area contributed by atoms with Crippen LogP contribution in [0.2, 0.25) is 0 Å². The van der Waals surface area contributed by atoms with Crippen LogP contribution < -0.4 is 0 Å². The number of hydrogen-bond acceptors (Lipinski definition) is 3. The first-order valence-electron chi connectivity index (χ1n) is 4.71. The Morgan fingerprint density at radius 1 is 1.31 bits per heavy atom. The summed E-state index contributed by atoms with van der Waals surface area (Å²) < 4.78 is 0. The highest BCUT2D eigenvalue weighted by molar-refractivity contribution is 5.79. The smallest absolute Gasteiger partial charge is 0.226 e. The molecule has 0 heterocycles. The van der Waals surface area contributed by atoms with Gasteiger partial charge in [0.2, 0.25) is 5.91 Å². The van der Waals surface area contributed by atoms with Crippen molar-refractivity contribution in [1.29, 1.82) is 10.5 Å². The Bertz CT molecular complexity index is 492. The molecule has 4 heteroatoms. The fourth-order valence-corrected chi connectivity index (χ4v) is 1.23. The van der Waals surface area contributed by atoms with E-state index in [4.69, 9.17) is 10.5 Å². The van der Waals surface area contributed by atoms with E-state index in [1.165, 1.54) is 11.0 Å². The summed E-state index contributed by atoms with van der Waals surface area (Å²) >= 11 is 0. The Hall–Kier alpha value is -2.33. The van der Waals surface area contributed by atoms with Crippen LogP contribution in [0.15, 0.2) is 18.2 Å². The number of amides is 1. The molecule has 0 saturated carbocycles. The summed E-state index contributed by atoms with van der Waals surface area (Å²) in [4.78, 5) is 13.0. The molecule has 0 saturated heterocycles. The second-order valence-corrected chi connectivity index (χ2v) is 3.56. The van der Waals surface area contributed by atoms with Crippen molar-refractivity contribution in [2.75, 3.05) is 14.1 Å². The third kappa shape index (κ3) is 2.59. The van der Waals surface area contributed by atoms with Crippen molar-refractivity contribution in [1.82, 2.24) is 4.90 Å². The lowest BCUT2D eigenvalue weighted by atomic mass is 10.0. The van der Waals surface area contributed by atoms with E-state index in [0.29, 0.717) is 16.7 Å². The highest BCUT2D eigenvalue weighted by Crippen LogP contribution is 2.12. The third-order valence-electron chi connectivity index (χ3n) is 2.20. The van der Waals surface area contributed by atoms with Gasteiger partial charge in [-0.25, -0.2) is 0 Å². The molecule has 1 amide bonds. The van der Waals surface area contributed by atoms with E-state index in [9.17, 15) is 4.79 Å². The normalized spacial score (nSPS) is 9.00. The molecule has 4 nitrogen and oxygen atoms in total. The number of nitrogens with zero attached hydrogens (tertiary/aromatic N) is 3. The lowest BCUT2D eigenvalue weighted by Gasteiger charge is -2.10. The average molecular weight is 213 g/mol. The van der Waals surface area contributed by atoms with E-state index in [2.05, 4.69) is 0 Å². The lowest BCUT2D eigenvalue weighted by molar-refractivity contribution is -0.127. The minimum atomic E-state index is -0.0683. The van der Waals surface area contributed by atoms with Gasteiger partial charge in [-0.05, 0) is 17.7 Å². The molecular formula is C12H11N3O. The summed E-state index contributed by atoms with van der Waals surface area (Å²) in [6.45, 7) is 0. The molecule has 16 heavy (non-hydrogen) atoms. The number of carbonyl (C=O) groups is 1. The topological polar surface area (TPSA) is 67.9 Å². The molecule has 0 radical (unpaired) electrons. The van der Waals surface area contributed by atoms with Gasteiger partial charge in [0, 0.05) is 14.1 Å². The number of nitriles is 2. The first kappa shape index (κ1) is 11.7. The summed E-state index contributed by atoms with van der Waals surface area (Å²) in [7, 11) is 3.33. The summed E-state index contributed by atoms with van der Waals surface area (Å²) in [6.07, 6.45) is 0.182. The fraction of sp³-hybridized carbons (Fsp3) is 0.250. The van der Waals surface area contributed by atoms with Crippen LogP contribution >= 0.6 is 0 Å². The molecule has 1 rings (SSSR count). The van der Waals surface area contributed by atoms with Crippen molar-refractivity contribution in [3.8, 4) is 12.1 Å². The molecule has 0 aliphatic rings. The SMILES string of the molecule is CN(C)C(=O)Cc1ccc(C#N)cc1C#N. The van der Waals surface area contributed by atoms with Gasteiger partial charge in [0.05, 0.1) is 29.7 Å². The van der Waals surface area contributed by atoms with Crippen molar-refractivity contribution in [3.05, 3.63) is 34.9 Å².